The number of hydrogen-bond donors (Lipinski definition) is 1. The summed E-state index contributed by atoms with van der Waals surface area (Å²) in [5, 5.41) is 0. The highest BCUT2D eigenvalue weighted by Gasteiger charge is 2.27. The molecule has 0 unspecified atom stereocenters. The number of pyridine rings is 1. The standard InChI is InChI=1S/C18H21N3O3/c1-3-21-12-13(24-16-9-5-4-8-15(16)21)11-20(2)18(23)14-7-6-10-19-17(14)22/h4-10,13H,3,11-12H2,1-2H3,(H,19,22)/t13-/m1/s1. The summed E-state index contributed by atoms with van der Waals surface area (Å²) in [5.74, 6) is 0.524. The third-order valence-electron chi connectivity index (χ3n) is 4.18. The fourth-order valence-electron chi connectivity index (χ4n) is 2.96. The van der Waals surface area contributed by atoms with Crippen LogP contribution in [0.2, 0.25) is 0 Å². The van der Waals surface area contributed by atoms with Crippen LogP contribution in [0.1, 0.15) is 17.3 Å². The highest BCUT2D eigenvalue weighted by molar-refractivity contribution is 5.93. The second kappa shape index (κ2) is 6.78. The SMILES string of the molecule is CCN1C[C@@H](CN(C)C(=O)c2ccc[nH]c2=O)Oc2ccccc21. The summed E-state index contributed by atoms with van der Waals surface area (Å²) in [4.78, 5) is 30.5. The molecule has 3 rings (SSSR count). The molecule has 0 aliphatic carbocycles. The van der Waals surface area contributed by atoms with Crippen molar-refractivity contribution in [3.8, 4) is 5.75 Å². The first-order chi connectivity index (χ1) is 11.6. The number of anilines is 1. The zero-order valence-corrected chi connectivity index (χ0v) is 13.9. The molecule has 1 aliphatic rings. The Hall–Kier alpha value is -2.76. The van der Waals surface area contributed by atoms with Crippen molar-refractivity contribution >= 4 is 11.6 Å². The molecule has 0 saturated carbocycles. The average Bonchev–Trinajstić information content (AvgIpc) is 2.60. The number of nitrogens with one attached hydrogen (secondary N) is 1. The molecule has 2 aromatic rings. The van der Waals surface area contributed by atoms with Crippen LogP contribution in [0.25, 0.3) is 0 Å². The van der Waals surface area contributed by atoms with E-state index in [9.17, 15) is 9.59 Å². The van der Waals surface area contributed by atoms with E-state index in [-0.39, 0.29) is 23.1 Å². The summed E-state index contributed by atoms with van der Waals surface area (Å²) in [6.07, 6.45) is 1.37. The molecule has 1 amide bonds. The van der Waals surface area contributed by atoms with Gasteiger partial charge in [0.2, 0.25) is 0 Å². The molecule has 6 heteroatoms. The van der Waals surface area contributed by atoms with E-state index >= 15 is 0 Å². The number of aromatic nitrogens is 1. The number of carbonyl (C=O) groups is 1. The number of para-hydroxylation sites is 2. The maximum Gasteiger partial charge on any atom is 0.260 e. The Kier molecular flexibility index (Phi) is 4.55. The minimum absolute atomic E-state index is 0.142. The Labute approximate surface area is 140 Å². The number of carbonyl (C=O) groups excluding carboxylic acids is 1. The van der Waals surface area contributed by atoms with E-state index in [1.807, 2.05) is 24.3 Å². The lowest BCUT2D eigenvalue weighted by Crippen LogP contribution is -2.47. The number of H-pyrrole nitrogens is 1. The molecule has 2 heterocycles. The van der Waals surface area contributed by atoms with Gasteiger partial charge in [-0.15, -0.1) is 0 Å². The maximum atomic E-state index is 12.5. The summed E-state index contributed by atoms with van der Waals surface area (Å²) >= 11 is 0. The molecule has 1 aliphatic heterocycles. The minimum Gasteiger partial charge on any atom is -0.485 e. The first-order valence-electron chi connectivity index (χ1n) is 8.04. The van der Waals surface area contributed by atoms with Crippen LogP contribution >= 0.6 is 0 Å². The molecule has 6 nitrogen and oxygen atoms in total. The Balaban J connectivity index is 1.74. The Morgan fingerprint density at radius 1 is 1.33 bits per heavy atom. The zero-order chi connectivity index (χ0) is 17.1. The smallest absolute Gasteiger partial charge is 0.260 e. The van der Waals surface area contributed by atoms with Gasteiger partial charge in [-0.05, 0) is 31.2 Å². The highest BCUT2D eigenvalue weighted by atomic mass is 16.5. The van der Waals surface area contributed by atoms with Crippen LogP contribution in [0.5, 0.6) is 5.75 Å². The number of nitrogens with zero attached hydrogens (tertiary/aromatic N) is 2. The largest absolute Gasteiger partial charge is 0.485 e. The van der Waals surface area contributed by atoms with E-state index in [1.54, 1.807) is 13.1 Å². The van der Waals surface area contributed by atoms with Crippen LogP contribution < -0.4 is 15.2 Å². The van der Waals surface area contributed by atoms with Crippen molar-refractivity contribution in [2.45, 2.75) is 13.0 Å². The van der Waals surface area contributed by atoms with Gasteiger partial charge in [0.1, 0.15) is 17.4 Å². The molecule has 0 fully saturated rings. The van der Waals surface area contributed by atoms with Crippen LogP contribution in [0.15, 0.2) is 47.4 Å². The molecule has 1 N–H and O–H groups in total. The molecule has 1 aromatic heterocycles. The molecule has 0 bridgehead atoms. The number of aromatic amines is 1. The van der Waals surface area contributed by atoms with Gasteiger partial charge in [-0.25, -0.2) is 0 Å². The molecule has 0 spiro atoms. The van der Waals surface area contributed by atoms with E-state index < -0.39 is 0 Å². The number of likely N-dealkylation sites (N-methyl/N-ethyl adjacent to an activating group) is 2. The zero-order valence-electron chi connectivity index (χ0n) is 13.9. The van der Waals surface area contributed by atoms with Gasteiger partial charge in [0, 0.05) is 19.8 Å². The fraction of sp³-hybridized carbons (Fsp3) is 0.333. The number of fused-ring (bicyclic) bond motifs is 1. The lowest BCUT2D eigenvalue weighted by Gasteiger charge is -2.37. The van der Waals surface area contributed by atoms with Gasteiger partial charge >= 0.3 is 0 Å². The summed E-state index contributed by atoms with van der Waals surface area (Å²) in [6, 6.07) is 11.1. The molecule has 1 atom stereocenters. The highest BCUT2D eigenvalue weighted by Crippen LogP contribution is 2.32. The van der Waals surface area contributed by atoms with Crippen molar-refractivity contribution in [1.82, 2.24) is 9.88 Å². The van der Waals surface area contributed by atoms with Gasteiger partial charge < -0.3 is 19.5 Å². The van der Waals surface area contributed by atoms with Gasteiger partial charge in [0.15, 0.2) is 0 Å². The van der Waals surface area contributed by atoms with Gasteiger partial charge in [0.05, 0.1) is 18.8 Å². The van der Waals surface area contributed by atoms with E-state index in [0.717, 1.165) is 18.0 Å². The van der Waals surface area contributed by atoms with Crippen LogP contribution in [0.3, 0.4) is 0 Å². The maximum absolute atomic E-state index is 12.5. The predicted molar refractivity (Wildman–Crippen MR) is 92.8 cm³/mol. The Morgan fingerprint density at radius 2 is 2.12 bits per heavy atom. The van der Waals surface area contributed by atoms with E-state index in [2.05, 4.69) is 16.8 Å². The lowest BCUT2D eigenvalue weighted by atomic mass is 10.1. The molecular weight excluding hydrogens is 306 g/mol. The monoisotopic (exact) mass is 327 g/mol. The Bertz CT molecular complexity index is 787. The van der Waals surface area contributed by atoms with Gasteiger partial charge in [0.25, 0.3) is 11.5 Å². The van der Waals surface area contributed by atoms with Crippen molar-refractivity contribution in [2.75, 3.05) is 31.6 Å². The van der Waals surface area contributed by atoms with Crippen LogP contribution in [0, 0.1) is 0 Å². The molecule has 0 saturated heterocycles. The van der Waals surface area contributed by atoms with Crippen molar-refractivity contribution in [1.29, 1.82) is 0 Å². The second-order valence-corrected chi connectivity index (χ2v) is 5.84. The normalized spacial score (nSPS) is 16.2. The lowest BCUT2D eigenvalue weighted by molar-refractivity contribution is 0.0708. The first-order valence-corrected chi connectivity index (χ1v) is 8.04. The van der Waals surface area contributed by atoms with Gasteiger partial charge in [-0.3, -0.25) is 9.59 Å². The summed E-state index contributed by atoms with van der Waals surface area (Å²) in [7, 11) is 1.69. The molecule has 126 valence electrons. The summed E-state index contributed by atoms with van der Waals surface area (Å²) in [6.45, 7) is 4.08. The molecule has 1 aromatic carbocycles. The van der Waals surface area contributed by atoms with E-state index in [0.29, 0.717) is 13.1 Å². The van der Waals surface area contributed by atoms with Crippen molar-refractivity contribution in [3.63, 3.8) is 0 Å². The summed E-state index contributed by atoms with van der Waals surface area (Å²) < 4.78 is 6.03. The van der Waals surface area contributed by atoms with Crippen LogP contribution in [-0.4, -0.2) is 48.6 Å². The Morgan fingerprint density at radius 3 is 2.88 bits per heavy atom. The van der Waals surface area contributed by atoms with Gasteiger partial charge in [-0.2, -0.15) is 0 Å². The molecule has 24 heavy (non-hydrogen) atoms. The number of benzene rings is 1. The predicted octanol–water partition coefficient (Wildman–Crippen LogP) is 1.73. The summed E-state index contributed by atoms with van der Waals surface area (Å²) in [5.41, 5.74) is 0.840. The molecular formula is C18H21N3O3. The van der Waals surface area contributed by atoms with Crippen molar-refractivity contribution in [2.24, 2.45) is 0 Å². The molecule has 0 radical (unpaired) electrons. The first kappa shape index (κ1) is 16.1. The topological polar surface area (TPSA) is 65.6 Å². The second-order valence-electron chi connectivity index (χ2n) is 5.84. The third-order valence-corrected chi connectivity index (χ3v) is 4.18. The van der Waals surface area contributed by atoms with E-state index in [1.165, 1.54) is 17.2 Å². The third kappa shape index (κ3) is 3.13. The average molecular weight is 327 g/mol. The van der Waals surface area contributed by atoms with Crippen molar-refractivity contribution in [3.05, 3.63) is 58.5 Å². The fourth-order valence-corrected chi connectivity index (χ4v) is 2.96. The minimum atomic E-state index is -0.376. The van der Waals surface area contributed by atoms with Crippen LogP contribution in [-0.2, 0) is 0 Å². The number of rotatable bonds is 4. The number of ether oxygens (including phenoxy) is 1. The van der Waals surface area contributed by atoms with Crippen molar-refractivity contribution < 1.29 is 9.53 Å². The van der Waals surface area contributed by atoms with E-state index in [4.69, 9.17) is 4.74 Å². The number of amides is 1. The number of hydrogen-bond acceptors (Lipinski definition) is 4. The van der Waals surface area contributed by atoms with Crippen LogP contribution in [0.4, 0.5) is 5.69 Å². The quantitative estimate of drug-likeness (QED) is 0.929. The van der Waals surface area contributed by atoms with Gasteiger partial charge in [-0.1, -0.05) is 12.1 Å².